The minimum absolute atomic E-state index is 0.0323. The maximum absolute atomic E-state index is 12.9. The fraction of sp³-hybridized carbons (Fsp3) is 0.476. The van der Waals surface area contributed by atoms with Gasteiger partial charge in [-0.15, -0.1) is 0 Å². The Balaban J connectivity index is 2.97. The minimum atomic E-state index is -1.44. The van der Waals surface area contributed by atoms with Gasteiger partial charge in [-0.3, -0.25) is 19.2 Å². The Kier molecular flexibility index (Phi) is 12.6. The van der Waals surface area contributed by atoms with Gasteiger partial charge in [-0.25, -0.2) is 4.79 Å². The summed E-state index contributed by atoms with van der Waals surface area (Å²) in [5, 5.41) is 25.7. The van der Waals surface area contributed by atoms with E-state index in [1.807, 2.05) is 0 Å². The summed E-state index contributed by atoms with van der Waals surface area (Å²) >= 11 is 1.40. The van der Waals surface area contributed by atoms with Crippen LogP contribution < -0.4 is 27.4 Å². The number of carbonyl (C=O) groups excluding carboxylic acids is 4. The van der Waals surface area contributed by atoms with Crippen molar-refractivity contribution in [2.24, 2.45) is 11.5 Å². The number of hydrogen-bond donors (Lipinski definition) is 7. The molecular formula is C21H31N5O7S. The number of nitrogens with one attached hydrogen (secondary N) is 3. The standard InChI is InChI=1S/C21H31N5O7S/c1-34-8-7-14(19(30)26-16(21(32)33)9-12-5-3-2-4-6-12)24-20(31)15(10-17(23)28)25-18(29)13(22)11-27/h2-6,13-16,27H,7-11,22H2,1H3,(H2,23,28)(H,24,31)(H,25,29)(H,26,30)(H,32,33)/t13-,14-,15-,16-/m0/s1. The van der Waals surface area contributed by atoms with Gasteiger partial charge in [0.05, 0.1) is 13.0 Å². The Hall–Kier alpha value is -3.16. The topological polar surface area (TPSA) is 214 Å². The van der Waals surface area contributed by atoms with Crippen molar-refractivity contribution in [3.8, 4) is 0 Å². The van der Waals surface area contributed by atoms with Crippen LogP contribution >= 0.6 is 11.8 Å². The summed E-state index contributed by atoms with van der Waals surface area (Å²) in [5.74, 6) is -4.18. The Labute approximate surface area is 201 Å². The van der Waals surface area contributed by atoms with E-state index in [2.05, 4.69) is 16.0 Å². The predicted molar refractivity (Wildman–Crippen MR) is 125 cm³/mol. The zero-order valence-electron chi connectivity index (χ0n) is 18.7. The molecular weight excluding hydrogens is 466 g/mol. The molecule has 34 heavy (non-hydrogen) atoms. The third kappa shape index (κ3) is 10.2. The number of nitrogens with two attached hydrogens (primary N) is 2. The maximum atomic E-state index is 12.9. The summed E-state index contributed by atoms with van der Waals surface area (Å²) in [7, 11) is 0. The molecule has 0 aliphatic rings. The van der Waals surface area contributed by atoms with Crippen LogP contribution in [0.15, 0.2) is 30.3 Å². The maximum Gasteiger partial charge on any atom is 0.326 e. The number of primary amides is 1. The van der Waals surface area contributed by atoms with Crippen LogP contribution in [0.1, 0.15) is 18.4 Å². The van der Waals surface area contributed by atoms with E-state index in [4.69, 9.17) is 16.6 Å². The van der Waals surface area contributed by atoms with E-state index < -0.39 is 66.8 Å². The second-order valence-electron chi connectivity index (χ2n) is 7.45. The first kappa shape index (κ1) is 28.9. The molecule has 0 fully saturated rings. The lowest BCUT2D eigenvalue weighted by Crippen LogP contribution is -2.58. The van der Waals surface area contributed by atoms with Crippen molar-refractivity contribution in [1.82, 2.24) is 16.0 Å². The molecule has 188 valence electrons. The van der Waals surface area contributed by atoms with Crippen LogP contribution in [0, 0.1) is 0 Å². The number of thioether (sulfide) groups is 1. The van der Waals surface area contributed by atoms with E-state index in [1.54, 1.807) is 36.6 Å². The number of carboxylic acid groups (broad SMARTS) is 1. The van der Waals surface area contributed by atoms with Gasteiger partial charge in [0.1, 0.15) is 24.2 Å². The molecule has 0 aliphatic heterocycles. The van der Waals surface area contributed by atoms with E-state index in [0.717, 1.165) is 0 Å². The smallest absolute Gasteiger partial charge is 0.326 e. The van der Waals surface area contributed by atoms with Gasteiger partial charge < -0.3 is 37.6 Å². The average molecular weight is 498 g/mol. The summed E-state index contributed by atoms with van der Waals surface area (Å²) < 4.78 is 0. The fourth-order valence-corrected chi connectivity index (χ4v) is 3.34. The van der Waals surface area contributed by atoms with Gasteiger partial charge in [0.2, 0.25) is 23.6 Å². The lowest BCUT2D eigenvalue weighted by Gasteiger charge is -2.24. The highest BCUT2D eigenvalue weighted by Gasteiger charge is 2.31. The molecule has 0 unspecified atom stereocenters. The zero-order valence-corrected chi connectivity index (χ0v) is 19.5. The molecule has 4 atom stereocenters. The van der Waals surface area contributed by atoms with Crippen molar-refractivity contribution in [1.29, 1.82) is 0 Å². The monoisotopic (exact) mass is 497 g/mol. The fourth-order valence-electron chi connectivity index (χ4n) is 2.87. The SMILES string of the molecule is CSCC[C@H](NC(=O)[C@H](CC(N)=O)NC(=O)[C@@H](N)CO)C(=O)N[C@@H](Cc1ccccc1)C(=O)O. The molecule has 0 aromatic heterocycles. The number of amides is 4. The Morgan fingerprint density at radius 1 is 0.941 bits per heavy atom. The number of aliphatic hydroxyl groups is 1. The van der Waals surface area contributed by atoms with Crippen LogP contribution in [-0.4, -0.2) is 82.6 Å². The normalized spacial score (nSPS) is 14.2. The molecule has 12 nitrogen and oxygen atoms in total. The van der Waals surface area contributed by atoms with Gasteiger partial charge in [0, 0.05) is 6.42 Å². The highest BCUT2D eigenvalue weighted by atomic mass is 32.2. The van der Waals surface area contributed by atoms with Crippen LogP contribution in [0.4, 0.5) is 0 Å². The van der Waals surface area contributed by atoms with E-state index in [-0.39, 0.29) is 12.8 Å². The summed E-state index contributed by atoms with van der Waals surface area (Å²) in [6.45, 7) is -0.687. The van der Waals surface area contributed by atoms with Crippen molar-refractivity contribution in [2.45, 2.75) is 43.4 Å². The number of carboxylic acids is 1. The molecule has 0 saturated heterocycles. The van der Waals surface area contributed by atoms with Crippen molar-refractivity contribution >= 4 is 41.4 Å². The number of rotatable bonds is 15. The minimum Gasteiger partial charge on any atom is -0.480 e. The second kappa shape index (κ2) is 14.9. The van der Waals surface area contributed by atoms with E-state index in [1.165, 1.54) is 11.8 Å². The molecule has 0 saturated carbocycles. The van der Waals surface area contributed by atoms with Crippen molar-refractivity contribution in [3.63, 3.8) is 0 Å². The van der Waals surface area contributed by atoms with E-state index in [0.29, 0.717) is 11.3 Å². The summed E-state index contributed by atoms with van der Waals surface area (Å²) in [5.41, 5.74) is 11.3. The zero-order chi connectivity index (χ0) is 25.7. The van der Waals surface area contributed by atoms with Crippen LogP contribution in [0.25, 0.3) is 0 Å². The van der Waals surface area contributed by atoms with Crippen LogP contribution in [0.3, 0.4) is 0 Å². The van der Waals surface area contributed by atoms with E-state index >= 15 is 0 Å². The van der Waals surface area contributed by atoms with Crippen LogP contribution in [0.5, 0.6) is 0 Å². The van der Waals surface area contributed by atoms with Gasteiger partial charge in [-0.1, -0.05) is 30.3 Å². The number of aliphatic hydroxyl groups excluding tert-OH is 1. The van der Waals surface area contributed by atoms with Crippen molar-refractivity contribution in [3.05, 3.63) is 35.9 Å². The third-order valence-electron chi connectivity index (χ3n) is 4.71. The molecule has 1 aromatic rings. The lowest BCUT2D eigenvalue weighted by atomic mass is 10.0. The second-order valence-corrected chi connectivity index (χ2v) is 8.44. The molecule has 1 aromatic carbocycles. The summed E-state index contributed by atoms with van der Waals surface area (Å²) in [4.78, 5) is 60.7. The predicted octanol–water partition coefficient (Wildman–Crippen LogP) is -2.28. The molecule has 9 N–H and O–H groups in total. The van der Waals surface area contributed by atoms with Crippen molar-refractivity contribution < 1.29 is 34.2 Å². The quantitative estimate of drug-likeness (QED) is 0.139. The third-order valence-corrected chi connectivity index (χ3v) is 5.36. The molecule has 0 heterocycles. The van der Waals surface area contributed by atoms with Crippen LogP contribution in [-0.2, 0) is 30.4 Å². The van der Waals surface area contributed by atoms with Gasteiger partial charge in [0.25, 0.3) is 0 Å². The largest absolute Gasteiger partial charge is 0.480 e. The molecule has 0 bridgehead atoms. The van der Waals surface area contributed by atoms with Gasteiger partial charge >= 0.3 is 5.97 Å². The number of carbonyl (C=O) groups is 5. The Bertz CT molecular complexity index is 855. The van der Waals surface area contributed by atoms with Gasteiger partial charge in [-0.05, 0) is 24.0 Å². The lowest BCUT2D eigenvalue weighted by molar-refractivity contribution is -0.142. The van der Waals surface area contributed by atoms with Gasteiger partial charge in [0.15, 0.2) is 0 Å². The Morgan fingerprint density at radius 2 is 1.50 bits per heavy atom. The average Bonchev–Trinajstić information content (AvgIpc) is 2.80. The number of benzene rings is 1. The van der Waals surface area contributed by atoms with E-state index in [9.17, 15) is 29.1 Å². The highest BCUT2D eigenvalue weighted by Crippen LogP contribution is 2.07. The molecule has 13 heteroatoms. The highest BCUT2D eigenvalue weighted by molar-refractivity contribution is 7.98. The van der Waals surface area contributed by atoms with Gasteiger partial charge in [-0.2, -0.15) is 11.8 Å². The molecule has 0 radical (unpaired) electrons. The first-order valence-corrected chi connectivity index (χ1v) is 11.8. The summed E-state index contributed by atoms with van der Waals surface area (Å²) in [6, 6.07) is 3.57. The molecule has 4 amide bonds. The molecule has 0 aliphatic carbocycles. The summed E-state index contributed by atoms with van der Waals surface area (Å²) in [6.07, 6.45) is 1.41. The first-order valence-electron chi connectivity index (χ1n) is 10.4. The van der Waals surface area contributed by atoms with Crippen molar-refractivity contribution in [2.75, 3.05) is 18.6 Å². The number of aliphatic carboxylic acids is 1. The number of hydrogen-bond acceptors (Lipinski definition) is 8. The van der Waals surface area contributed by atoms with Crippen LogP contribution in [0.2, 0.25) is 0 Å². The molecule has 1 rings (SSSR count). The Morgan fingerprint density at radius 3 is 2.03 bits per heavy atom. The first-order chi connectivity index (χ1) is 16.1. The molecule has 0 spiro atoms.